The van der Waals surface area contributed by atoms with E-state index in [-0.39, 0.29) is 25.0 Å². The highest BCUT2D eigenvalue weighted by molar-refractivity contribution is 5.40. The molecule has 2 heterocycles. The summed E-state index contributed by atoms with van der Waals surface area (Å²) in [4.78, 5) is 13.7. The van der Waals surface area contributed by atoms with E-state index in [0.29, 0.717) is 52.7 Å². The van der Waals surface area contributed by atoms with Gasteiger partial charge in [-0.1, -0.05) is 0 Å². The van der Waals surface area contributed by atoms with Crippen molar-refractivity contribution >= 4 is 11.9 Å². The topological polar surface area (TPSA) is 117 Å². The third-order valence-corrected chi connectivity index (χ3v) is 4.42. The van der Waals surface area contributed by atoms with Crippen molar-refractivity contribution in [2.75, 3.05) is 76.0 Å². The second-order valence-electron chi connectivity index (χ2n) is 6.78. The van der Waals surface area contributed by atoms with Gasteiger partial charge in [0.25, 0.3) is 0 Å². The molecule has 1 aromatic carbocycles. The molecule has 0 atom stereocenters. The Morgan fingerprint density at radius 3 is 2.09 bits per heavy atom. The lowest BCUT2D eigenvalue weighted by Crippen LogP contribution is -2.37. The SMILES string of the molecule is NCCOCCOCCNc1nc(Oc2c(F)c(F)c(F)c(F)c2F)nc(N2CCOCC2)n1. The van der Waals surface area contributed by atoms with Crippen LogP contribution in [0.5, 0.6) is 11.8 Å². The van der Waals surface area contributed by atoms with E-state index in [1.165, 1.54) is 0 Å². The number of hydrogen-bond acceptors (Lipinski definition) is 10. The van der Waals surface area contributed by atoms with E-state index in [9.17, 15) is 22.0 Å². The van der Waals surface area contributed by atoms with Gasteiger partial charge in [0, 0.05) is 26.2 Å². The molecular formula is C19H23F5N6O4. The van der Waals surface area contributed by atoms with Crippen molar-refractivity contribution in [2.24, 2.45) is 5.73 Å². The number of hydrogen-bond donors (Lipinski definition) is 2. The van der Waals surface area contributed by atoms with Gasteiger partial charge < -0.3 is 34.9 Å². The van der Waals surface area contributed by atoms with Crippen LogP contribution in [-0.2, 0) is 14.2 Å². The number of morpholine rings is 1. The zero-order valence-electron chi connectivity index (χ0n) is 18.0. The minimum absolute atomic E-state index is 0.0571. The number of anilines is 2. The van der Waals surface area contributed by atoms with Crippen LogP contribution in [0.15, 0.2) is 0 Å². The molecule has 1 fully saturated rings. The molecule has 1 aliphatic rings. The third-order valence-electron chi connectivity index (χ3n) is 4.42. The first-order valence-corrected chi connectivity index (χ1v) is 10.3. The van der Waals surface area contributed by atoms with Gasteiger partial charge in [0.05, 0.1) is 39.6 Å². The van der Waals surface area contributed by atoms with Crippen LogP contribution in [0.1, 0.15) is 0 Å². The van der Waals surface area contributed by atoms with E-state index < -0.39 is 40.8 Å². The third kappa shape index (κ3) is 6.59. The van der Waals surface area contributed by atoms with Crippen molar-refractivity contribution in [3.05, 3.63) is 29.1 Å². The Labute approximate surface area is 191 Å². The monoisotopic (exact) mass is 494 g/mol. The molecule has 0 radical (unpaired) electrons. The molecular weight excluding hydrogens is 471 g/mol. The minimum atomic E-state index is -2.30. The molecule has 0 bridgehead atoms. The van der Waals surface area contributed by atoms with Crippen LogP contribution < -0.4 is 20.7 Å². The van der Waals surface area contributed by atoms with Crippen molar-refractivity contribution in [3.63, 3.8) is 0 Å². The fourth-order valence-corrected chi connectivity index (χ4v) is 2.78. The number of nitrogens with two attached hydrogens (primary N) is 1. The number of aromatic nitrogens is 3. The first-order valence-electron chi connectivity index (χ1n) is 10.3. The Morgan fingerprint density at radius 2 is 1.44 bits per heavy atom. The highest BCUT2D eigenvalue weighted by Crippen LogP contribution is 2.32. The van der Waals surface area contributed by atoms with E-state index in [0.717, 1.165) is 0 Å². The average Bonchev–Trinajstić information content (AvgIpc) is 2.86. The summed E-state index contributed by atoms with van der Waals surface area (Å²) in [5.74, 6) is -12.4. The van der Waals surface area contributed by atoms with E-state index >= 15 is 0 Å². The predicted octanol–water partition coefficient (Wildman–Crippen LogP) is 1.60. The van der Waals surface area contributed by atoms with Crippen molar-refractivity contribution < 1.29 is 40.9 Å². The average molecular weight is 494 g/mol. The highest BCUT2D eigenvalue weighted by Gasteiger charge is 2.28. The number of nitrogens with one attached hydrogen (secondary N) is 1. The maximum absolute atomic E-state index is 14.0. The summed E-state index contributed by atoms with van der Waals surface area (Å²) < 4.78 is 89.2. The summed E-state index contributed by atoms with van der Waals surface area (Å²) in [7, 11) is 0. The fraction of sp³-hybridized carbons (Fsp3) is 0.526. The maximum atomic E-state index is 14.0. The molecule has 2 aromatic rings. The van der Waals surface area contributed by atoms with Crippen LogP contribution in [0, 0.1) is 29.1 Å². The minimum Gasteiger partial charge on any atom is -0.418 e. The predicted molar refractivity (Wildman–Crippen MR) is 108 cm³/mol. The van der Waals surface area contributed by atoms with Gasteiger partial charge in [-0.05, 0) is 0 Å². The second-order valence-corrected chi connectivity index (χ2v) is 6.78. The quantitative estimate of drug-likeness (QED) is 0.195. The van der Waals surface area contributed by atoms with Crippen molar-refractivity contribution in [1.82, 2.24) is 15.0 Å². The number of ether oxygens (including phenoxy) is 4. The summed E-state index contributed by atoms with van der Waals surface area (Å²) in [6, 6.07) is -0.668. The summed E-state index contributed by atoms with van der Waals surface area (Å²) >= 11 is 0. The zero-order valence-corrected chi connectivity index (χ0v) is 18.0. The summed E-state index contributed by atoms with van der Waals surface area (Å²) in [5.41, 5.74) is 5.31. The van der Waals surface area contributed by atoms with Gasteiger partial charge in [-0.2, -0.15) is 23.7 Å². The maximum Gasteiger partial charge on any atom is 0.328 e. The number of rotatable bonds is 12. The Hall–Kier alpha value is -2.88. The second kappa shape index (κ2) is 12.5. The number of nitrogens with zero attached hydrogens (tertiary/aromatic N) is 4. The van der Waals surface area contributed by atoms with E-state index in [1.54, 1.807) is 4.90 Å². The highest BCUT2D eigenvalue weighted by atomic mass is 19.2. The molecule has 3 rings (SSSR count). The molecule has 0 unspecified atom stereocenters. The van der Waals surface area contributed by atoms with Gasteiger partial charge >= 0.3 is 6.01 Å². The Balaban J connectivity index is 1.75. The molecule has 0 saturated carbocycles. The van der Waals surface area contributed by atoms with Crippen LogP contribution >= 0.6 is 0 Å². The largest absolute Gasteiger partial charge is 0.418 e. The van der Waals surface area contributed by atoms with Crippen molar-refractivity contribution in [3.8, 4) is 11.8 Å². The lowest BCUT2D eigenvalue weighted by atomic mass is 10.2. The molecule has 34 heavy (non-hydrogen) atoms. The standard InChI is InChI=1S/C19H23F5N6O4/c20-11-12(21)14(23)16(15(24)13(11)22)34-19-28-17(26-2-6-32-10-9-31-5-1-25)27-18(29-19)30-3-7-33-8-4-30/h1-10,25H2,(H,26,27,28,29). The van der Waals surface area contributed by atoms with Crippen LogP contribution in [-0.4, -0.2) is 80.8 Å². The normalized spacial score (nSPS) is 13.9. The Morgan fingerprint density at radius 1 is 0.824 bits per heavy atom. The van der Waals surface area contributed by atoms with Crippen LogP contribution in [0.25, 0.3) is 0 Å². The van der Waals surface area contributed by atoms with Crippen molar-refractivity contribution in [2.45, 2.75) is 0 Å². The van der Waals surface area contributed by atoms with E-state index in [2.05, 4.69) is 20.3 Å². The van der Waals surface area contributed by atoms with Crippen molar-refractivity contribution in [1.29, 1.82) is 0 Å². The molecule has 188 valence electrons. The molecule has 3 N–H and O–H groups in total. The molecule has 15 heteroatoms. The molecule has 0 aliphatic carbocycles. The lowest BCUT2D eigenvalue weighted by molar-refractivity contribution is 0.0547. The Bertz CT molecular complexity index is 938. The summed E-state index contributed by atoms with van der Waals surface area (Å²) in [5, 5.41) is 2.83. The van der Waals surface area contributed by atoms with Gasteiger partial charge in [-0.3, -0.25) is 0 Å². The molecule has 1 aliphatic heterocycles. The van der Waals surface area contributed by atoms with E-state index in [4.69, 9.17) is 24.7 Å². The molecule has 1 aromatic heterocycles. The van der Waals surface area contributed by atoms with Gasteiger partial charge in [0.2, 0.25) is 46.7 Å². The molecule has 0 spiro atoms. The lowest BCUT2D eigenvalue weighted by Gasteiger charge is -2.27. The zero-order chi connectivity index (χ0) is 24.5. The van der Waals surface area contributed by atoms with Gasteiger partial charge in [0.1, 0.15) is 0 Å². The number of benzene rings is 1. The van der Waals surface area contributed by atoms with Crippen LogP contribution in [0.2, 0.25) is 0 Å². The Kier molecular flexibility index (Phi) is 9.50. The first kappa shape index (κ1) is 25.7. The van der Waals surface area contributed by atoms with Gasteiger partial charge in [0.15, 0.2) is 0 Å². The van der Waals surface area contributed by atoms with Crippen LogP contribution in [0.3, 0.4) is 0 Å². The molecule has 0 amide bonds. The summed E-state index contributed by atoms with van der Waals surface area (Å²) in [6.07, 6.45) is 0. The molecule has 10 nitrogen and oxygen atoms in total. The fourth-order valence-electron chi connectivity index (χ4n) is 2.78. The molecule has 1 saturated heterocycles. The number of halogens is 5. The summed E-state index contributed by atoms with van der Waals surface area (Å²) in [6.45, 7) is 3.53. The smallest absolute Gasteiger partial charge is 0.328 e. The van der Waals surface area contributed by atoms with Gasteiger partial charge in [-0.15, -0.1) is 0 Å². The first-order chi connectivity index (χ1) is 16.4. The van der Waals surface area contributed by atoms with E-state index in [1.807, 2.05) is 0 Å². The van der Waals surface area contributed by atoms with Gasteiger partial charge in [-0.25, -0.2) is 13.2 Å². The van der Waals surface area contributed by atoms with Crippen LogP contribution in [0.4, 0.5) is 33.8 Å².